The maximum Gasteiger partial charge on any atom is 0.155 e. The molecule has 10 heavy (non-hydrogen) atoms. The van der Waals surface area contributed by atoms with Gasteiger partial charge in [-0.15, -0.1) is 11.6 Å². The summed E-state index contributed by atoms with van der Waals surface area (Å²) in [7, 11) is 0. The summed E-state index contributed by atoms with van der Waals surface area (Å²) in [5.41, 5.74) is 0. The molecule has 0 bridgehead atoms. The van der Waals surface area contributed by atoms with E-state index in [1.54, 1.807) is 0 Å². The van der Waals surface area contributed by atoms with Crippen molar-refractivity contribution in [2.24, 2.45) is 0 Å². The van der Waals surface area contributed by atoms with Gasteiger partial charge in [-0.3, -0.25) is 0 Å². The van der Waals surface area contributed by atoms with Gasteiger partial charge in [-0.25, -0.2) is 0 Å². The van der Waals surface area contributed by atoms with E-state index in [-0.39, 0.29) is 23.9 Å². The summed E-state index contributed by atoms with van der Waals surface area (Å²) in [4.78, 5) is 0. The minimum atomic E-state index is -0.111. The van der Waals surface area contributed by atoms with Gasteiger partial charge in [-0.1, -0.05) is 0 Å². The van der Waals surface area contributed by atoms with Crippen molar-refractivity contribution in [1.82, 2.24) is 0 Å². The predicted molar refractivity (Wildman–Crippen MR) is 40.2 cm³/mol. The Hall–Kier alpha value is 0.210. The molecular weight excluding hydrogens is 152 g/mol. The summed E-state index contributed by atoms with van der Waals surface area (Å²) in [6.45, 7) is 5.82. The van der Waals surface area contributed by atoms with Crippen LogP contribution in [0.4, 0.5) is 0 Å². The first-order valence-electron chi connectivity index (χ1n) is 3.56. The van der Waals surface area contributed by atoms with Gasteiger partial charge in [0.15, 0.2) is 6.29 Å². The molecule has 1 saturated heterocycles. The highest BCUT2D eigenvalue weighted by atomic mass is 35.5. The van der Waals surface area contributed by atoms with Gasteiger partial charge in [0.25, 0.3) is 0 Å². The lowest BCUT2D eigenvalue weighted by Gasteiger charge is -2.34. The summed E-state index contributed by atoms with van der Waals surface area (Å²) in [6, 6.07) is 0. The molecular formula is C7H13ClO2. The van der Waals surface area contributed by atoms with Crippen molar-refractivity contribution < 1.29 is 9.47 Å². The zero-order valence-electron chi connectivity index (χ0n) is 6.50. The second-order valence-electron chi connectivity index (χ2n) is 2.69. The first-order valence-corrected chi connectivity index (χ1v) is 4.00. The lowest BCUT2D eigenvalue weighted by Crippen LogP contribution is -2.43. The third kappa shape index (κ3) is 1.62. The zero-order valence-corrected chi connectivity index (χ0v) is 7.26. The van der Waals surface area contributed by atoms with Gasteiger partial charge in [0.1, 0.15) is 0 Å². The number of halogens is 1. The Morgan fingerprint density at radius 3 is 1.80 bits per heavy atom. The minimum absolute atomic E-state index is 0.0174. The summed E-state index contributed by atoms with van der Waals surface area (Å²) >= 11 is 5.93. The van der Waals surface area contributed by atoms with Crippen molar-refractivity contribution in [3.8, 4) is 0 Å². The van der Waals surface area contributed by atoms with E-state index in [2.05, 4.69) is 0 Å². The highest BCUT2D eigenvalue weighted by Crippen LogP contribution is 2.22. The van der Waals surface area contributed by atoms with Gasteiger partial charge in [0, 0.05) is 0 Å². The van der Waals surface area contributed by atoms with E-state index < -0.39 is 0 Å². The van der Waals surface area contributed by atoms with Crippen molar-refractivity contribution in [1.29, 1.82) is 0 Å². The number of hydrogen-bond acceptors (Lipinski definition) is 2. The van der Waals surface area contributed by atoms with Crippen LogP contribution in [0.1, 0.15) is 20.8 Å². The zero-order chi connectivity index (χ0) is 7.72. The Bertz CT molecular complexity index is 106. The van der Waals surface area contributed by atoms with E-state index in [0.29, 0.717) is 0 Å². The van der Waals surface area contributed by atoms with Crippen molar-refractivity contribution in [2.75, 3.05) is 0 Å². The fourth-order valence-electron chi connectivity index (χ4n) is 1.17. The van der Waals surface area contributed by atoms with Gasteiger partial charge in [0.05, 0.1) is 17.6 Å². The monoisotopic (exact) mass is 164 g/mol. The Morgan fingerprint density at radius 2 is 1.40 bits per heavy atom. The summed E-state index contributed by atoms with van der Waals surface area (Å²) in [6.07, 6.45) is 0.0841. The lowest BCUT2D eigenvalue weighted by molar-refractivity contribution is -0.221. The van der Waals surface area contributed by atoms with Crippen LogP contribution < -0.4 is 0 Å². The number of ether oxygens (including phenoxy) is 2. The van der Waals surface area contributed by atoms with E-state index in [1.165, 1.54) is 0 Å². The van der Waals surface area contributed by atoms with Gasteiger partial charge < -0.3 is 9.47 Å². The minimum Gasteiger partial charge on any atom is -0.348 e. The molecule has 0 spiro atoms. The largest absolute Gasteiger partial charge is 0.348 e. The fourth-order valence-corrected chi connectivity index (χ4v) is 1.29. The molecule has 1 fully saturated rings. The van der Waals surface area contributed by atoms with Gasteiger partial charge in [-0.05, 0) is 20.8 Å². The highest BCUT2D eigenvalue weighted by molar-refractivity contribution is 6.21. The Morgan fingerprint density at radius 1 is 1.00 bits per heavy atom. The normalized spacial score (nSPS) is 49.2. The lowest BCUT2D eigenvalue weighted by atomic mass is 10.1. The van der Waals surface area contributed by atoms with Crippen LogP contribution in [0.2, 0.25) is 0 Å². The molecule has 3 heteroatoms. The molecule has 2 nitrogen and oxygen atoms in total. The van der Waals surface area contributed by atoms with Crippen LogP contribution in [-0.2, 0) is 9.47 Å². The average Bonchev–Trinajstić information content (AvgIpc) is 1.82. The molecule has 0 aromatic carbocycles. The molecule has 0 aliphatic carbocycles. The third-order valence-electron chi connectivity index (χ3n) is 1.71. The van der Waals surface area contributed by atoms with Gasteiger partial charge >= 0.3 is 0 Å². The number of alkyl halides is 1. The molecule has 0 aromatic rings. The van der Waals surface area contributed by atoms with E-state index >= 15 is 0 Å². The van der Waals surface area contributed by atoms with Gasteiger partial charge in [0.2, 0.25) is 0 Å². The molecule has 60 valence electrons. The Balaban J connectivity index is 2.49. The Kier molecular flexibility index (Phi) is 2.55. The molecule has 0 radical (unpaired) electrons. The molecule has 1 aliphatic heterocycles. The molecule has 0 saturated carbocycles. The van der Waals surface area contributed by atoms with Crippen LogP contribution in [0.3, 0.4) is 0 Å². The average molecular weight is 165 g/mol. The molecule has 0 aromatic heterocycles. The second-order valence-corrected chi connectivity index (χ2v) is 3.20. The standard InChI is InChI=1S/C7H13ClO2/c1-4-7(8)5(2)10-6(3)9-4/h4-7H,1-3H3. The van der Waals surface area contributed by atoms with Crippen molar-refractivity contribution in [3.63, 3.8) is 0 Å². The fraction of sp³-hybridized carbons (Fsp3) is 1.00. The van der Waals surface area contributed by atoms with Crippen LogP contribution >= 0.6 is 11.6 Å². The molecule has 0 N–H and O–H groups in total. The van der Waals surface area contributed by atoms with Gasteiger partial charge in [-0.2, -0.15) is 0 Å². The second kappa shape index (κ2) is 3.07. The molecule has 1 heterocycles. The van der Waals surface area contributed by atoms with Crippen molar-refractivity contribution in [3.05, 3.63) is 0 Å². The predicted octanol–water partition coefficient (Wildman–Crippen LogP) is 1.76. The molecule has 1 aliphatic rings. The smallest absolute Gasteiger partial charge is 0.155 e. The summed E-state index contributed by atoms with van der Waals surface area (Å²) in [5.74, 6) is 0. The van der Waals surface area contributed by atoms with Crippen molar-refractivity contribution in [2.45, 2.75) is 44.6 Å². The van der Waals surface area contributed by atoms with E-state index in [1.807, 2.05) is 20.8 Å². The number of hydrogen-bond donors (Lipinski definition) is 0. The topological polar surface area (TPSA) is 18.5 Å². The quantitative estimate of drug-likeness (QED) is 0.508. The summed E-state index contributed by atoms with van der Waals surface area (Å²) in [5, 5.41) is -0.0174. The first kappa shape index (κ1) is 8.31. The van der Waals surface area contributed by atoms with Crippen LogP contribution in [0.5, 0.6) is 0 Å². The maximum atomic E-state index is 5.93. The van der Waals surface area contributed by atoms with Crippen molar-refractivity contribution >= 4 is 11.6 Å². The highest BCUT2D eigenvalue weighted by Gasteiger charge is 2.30. The summed E-state index contributed by atoms with van der Waals surface area (Å²) < 4.78 is 10.6. The molecule has 1 rings (SSSR count). The molecule has 0 amide bonds. The Labute approximate surface area is 66.5 Å². The van der Waals surface area contributed by atoms with Crippen LogP contribution in [0.25, 0.3) is 0 Å². The van der Waals surface area contributed by atoms with E-state index in [0.717, 1.165) is 0 Å². The molecule has 2 atom stereocenters. The van der Waals surface area contributed by atoms with E-state index in [9.17, 15) is 0 Å². The number of rotatable bonds is 0. The van der Waals surface area contributed by atoms with Crippen LogP contribution in [0.15, 0.2) is 0 Å². The van der Waals surface area contributed by atoms with Crippen LogP contribution in [0, 0.1) is 0 Å². The third-order valence-corrected chi connectivity index (χ3v) is 2.42. The SMILES string of the molecule is CC1OC(C)C(Cl)C(C)O1. The van der Waals surface area contributed by atoms with E-state index in [4.69, 9.17) is 21.1 Å². The molecule has 2 unspecified atom stereocenters. The maximum absolute atomic E-state index is 5.93. The van der Waals surface area contributed by atoms with Crippen LogP contribution in [-0.4, -0.2) is 23.9 Å². The first-order chi connectivity index (χ1) is 4.61.